The van der Waals surface area contributed by atoms with Gasteiger partial charge in [-0.2, -0.15) is 0 Å². The smallest absolute Gasteiger partial charge is 0.338 e. The van der Waals surface area contributed by atoms with Gasteiger partial charge in [-0.25, -0.2) is 9.79 Å². The molecule has 1 amide bonds. The lowest BCUT2D eigenvalue weighted by atomic mass is 9.96. The van der Waals surface area contributed by atoms with Crippen LogP contribution in [0.1, 0.15) is 35.2 Å². The molecule has 4 aromatic rings. The molecule has 0 saturated heterocycles. The zero-order valence-corrected chi connectivity index (χ0v) is 24.8. The molecule has 1 atom stereocenters. The summed E-state index contributed by atoms with van der Waals surface area (Å²) in [5.74, 6) is -0.211. The zero-order valence-electron chi connectivity index (χ0n) is 24.0. The Labute approximate surface area is 252 Å². The number of anilines is 1. The summed E-state index contributed by atoms with van der Waals surface area (Å²) >= 11 is 1.15. The van der Waals surface area contributed by atoms with Gasteiger partial charge in [-0.3, -0.25) is 14.2 Å². The summed E-state index contributed by atoms with van der Waals surface area (Å²) < 4.78 is 12.5. The van der Waals surface area contributed by atoms with Crippen molar-refractivity contribution >= 4 is 34.5 Å². The van der Waals surface area contributed by atoms with E-state index in [4.69, 9.17) is 9.47 Å². The molecule has 2 aliphatic rings. The molecule has 8 nitrogen and oxygen atoms in total. The Morgan fingerprint density at radius 3 is 2.44 bits per heavy atom. The van der Waals surface area contributed by atoms with Gasteiger partial charge in [0.1, 0.15) is 16.9 Å². The van der Waals surface area contributed by atoms with Crippen molar-refractivity contribution in [2.45, 2.75) is 26.4 Å². The summed E-state index contributed by atoms with van der Waals surface area (Å²) in [6, 6.07) is 21.9. The maximum absolute atomic E-state index is 14.4. The number of amides is 1. The van der Waals surface area contributed by atoms with E-state index in [1.165, 1.54) is 10.6 Å². The lowest BCUT2D eigenvalue weighted by molar-refractivity contribution is -0.138. The highest BCUT2D eigenvalue weighted by atomic mass is 32.1. The van der Waals surface area contributed by atoms with Crippen LogP contribution in [0, 0.1) is 6.92 Å². The zero-order chi connectivity index (χ0) is 30.2. The van der Waals surface area contributed by atoms with Crippen LogP contribution in [0.3, 0.4) is 0 Å². The van der Waals surface area contributed by atoms with Gasteiger partial charge in [-0.1, -0.05) is 84.2 Å². The van der Waals surface area contributed by atoms with Gasteiger partial charge in [0, 0.05) is 5.56 Å². The SMILES string of the molecule is C=CCOC(=O)C1=C(C)N=c2sc(=C3C(=O)N(Cc4ccc(C)cc4)c4ccccc43)c(=O)n2C1c1ccc(OC)cc1. The first-order valence-corrected chi connectivity index (χ1v) is 14.6. The van der Waals surface area contributed by atoms with Crippen molar-refractivity contribution in [3.8, 4) is 5.75 Å². The van der Waals surface area contributed by atoms with Crippen LogP contribution in [0.15, 0.2) is 107 Å². The second-order valence-electron chi connectivity index (χ2n) is 10.3. The van der Waals surface area contributed by atoms with Gasteiger partial charge < -0.3 is 14.4 Å². The van der Waals surface area contributed by atoms with Gasteiger partial charge in [-0.05, 0) is 43.2 Å². The van der Waals surface area contributed by atoms with Gasteiger partial charge in [-0.15, -0.1) is 0 Å². The van der Waals surface area contributed by atoms with Crippen LogP contribution >= 0.6 is 11.3 Å². The number of allylic oxidation sites excluding steroid dienone is 1. The minimum absolute atomic E-state index is 0.0155. The quantitative estimate of drug-likeness (QED) is 0.238. The largest absolute Gasteiger partial charge is 0.497 e. The van der Waals surface area contributed by atoms with Gasteiger partial charge in [0.2, 0.25) is 0 Å². The third kappa shape index (κ3) is 4.91. The molecule has 0 N–H and O–H groups in total. The molecule has 0 bridgehead atoms. The van der Waals surface area contributed by atoms with E-state index < -0.39 is 17.6 Å². The van der Waals surface area contributed by atoms with E-state index in [-0.39, 0.29) is 22.6 Å². The number of carbonyl (C=O) groups excluding carboxylic acids is 2. The Morgan fingerprint density at radius 2 is 1.74 bits per heavy atom. The van der Waals surface area contributed by atoms with Crippen molar-refractivity contribution in [1.29, 1.82) is 0 Å². The van der Waals surface area contributed by atoms with E-state index in [1.54, 1.807) is 31.1 Å². The maximum Gasteiger partial charge on any atom is 0.338 e. The highest BCUT2D eigenvalue weighted by Gasteiger charge is 2.37. The first-order chi connectivity index (χ1) is 20.8. The van der Waals surface area contributed by atoms with Crippen molar-refractivity contribution < 1.29 is 19.1 Å². The van der Waals surface area contributed by atoms with Gasteiger partial charge in [0.05, 0.1) is 42.2 Å². The van der Waals surface area contributed by atoms with Crippen molar-refractivity contribution in [2.24, 2.45) is 4.99 Å². The molecule has 0 saturated carbocycles. The number of fused-ring (bicyclic) bond motifs is 2. The van der Waals surface area contributed by atoms with Crippen LogP contribution in [0.5, 0.6) is 5.75 Å². The molecule has 3 aromatic carbocycles. The van der Waals surface area contributed by atoms with Crippen molar-refractivity contribution in [3.63, 3.8) is 0 Å². The molecule has 0 radical (unpaired) electrons. The number of carbonyl (C=O) groups is 2. The topological polar surface area (TPSA) is 90.2 Å². The lowest BCUT2D eigenvalue weighted by Crippen LogP contribution is -2.41. The van der Waals surface area contributed by atoms with E-state index in [1.807, 2.05) is 67.6 Å². The average molecular weight is 592 g/mol. The molecular weight excluding hydrogens is 562 g/mol. The van der Waals surface area contributed by atoms with E-state index in [9.17, 15) is 14.4 Å². The summed E-state index contributed by atoms with van der Waals surface area (Å²) in [7, 11) is 1.57. The summed E-state index contributed by atoms with van der Waals surface area (Å²) in [4.78, 5) is 48.5. The highest BCUT2D eigenvalue weighted by molar-refractivity contribution is 7.07. The minimum Gasteiger partial charge on any atom is -0.497 e. The first kappa shape index (κ1) is 28.1. The molecule has 1 aromatic heterocycles. The molecule has 2 aliphatic heterocycles. The van der Waals surface area contributed by atoms with Crippen LogP contribution < -0.4 is 24.5 Å². The number of ether oxygens (including phenoxy) is 2. The summed E-state index contributed by atoms with van der Waals surface area (Å²) in [6.45, 7) is 7.75. The van der Waals surface area contributed by atoms with E-state index >= 15 is 0 Å². The standard InChI is InChI=1S/C34H29N3O5S/c1-5-18-42-33(40)27-21(3)35-34-37(29(27)23-14-16-24(41-4)17-15-23)32(39)30(43-34)28-25-8-6-7-9-26(25)36(31(28)38)19-22-12-10-20(2)11-13-22/h5-17,29H,1,18-19H2,2-4H3. The van der Waals surface area contributed by atoms with E-state index in [0.29, 0.717) is 39.5 Å². The Kier molecular flexibility index (Phi) is 7.41. The van der Waals surface area contributed by atoms with Crippen molar-refractivity contribution in [2.75, 3.05) is 18.6 Å². The Morgan fingerprint density at radius 1 is 1.02 bits per heavy atom. The first-order valence-electron chi connectivity index (χ1n) is 13.8. The second kappa shape index (κ2) is 11.3. The fourth-order valence-corrected chi connectivity index (χ4v) is 6.62. The number of hydrogen-bond donors (Lipinski definition) is 0. The number of aromatic nitrogens is 1. The van der Waals surface area contributed by atoms with E-state index in [0.717, 1.165) is 28.2 Å². The molecule has 1 unspecified atom stereocenters. The lowest BCUT2D eigenvalue weighted by Gasteiger charge is -2.24. The Balaban J connectivity index is 1.55. The van der Waals surface area contributed by atoms with Crippen LogP contribution in [0.2, 0.25) is 0 Å². The fourth-order valence-electron chi connectivity index (χ4n) is 5.48. The van der Waals surface area contributed by atoms with Crippen LogP contribution in [0.4, 0.5) is 5.69 Å². The number of aryl methyl sites for hydroxylation is 1. The number of hydrogen-bond acceptors (Lipinski definition) is 7. The van der Waals surface area contributed by atoms with Crippen molar-refractivity contribution in [3.05, 3.63) is 139 Å². The molecule has 9 heteroatoms. The van der Waals surface area contributed by atoms with Gasteiger partial charge >= 0.3 is 5.97 Å². The fraction of sp³-hybridized carbons (Fsp3) is 0.176. The van der Waals surface area contributed by atoms with Crippen molar-refractivity contribution in [1.82, 2.24) is 4.57 Å². The molecule has 0 aliphatic carbocycles. The Bertz CT molecular complexity index is 1980. The number of methoxy groups -OCH3 is 1. The molecule has 0 spiro atoms. The molecule has 3 heterocycles. The Hall–Kier alpha value is -5.02. The molecular formula is C34H29N3O5S. The number of thiazole rings is 1. The number of nitrogens with zero attached hydrogens (tertiary/aromatic N) is 3. The molecule has 0 fully saturated rings. The number of rotatable bonds is 7. The van der Waals surface area contributed by atoms with Crippen LogP contribution in [0.25, 0.3) is 5.57 Å². The predicted molar refractivity (Wildman–Crippen MR) is 166 cm³/mol. The number of para-hydroxylation sites is 1. The summed E-state index contributed by atoms with van der Waals surface area (Å²) in [5, 5.41) is 0. The summed E-state index contributed by atoms with van der Waals surface area (Å²) in [5.41, 5.74) is 4.83. The molecule has 6 rings (SSSR count). The van der Waals surface area contributed by atoms with Gasteiger partial charge in [0.15, 0.2) is 4.80 Å². The third-order valence-electron chi connectivity index (χ3n) is 7.59. The summed E-state index contributed by atoms with van der Waals surface area (Å²) in [6.07, 6.45) is 1.48. The normalized spacial score (nSPS) is 16.9. The molecule has 216 valence electrons. The number of benzene rings is 3. The van der Waals surface area contributed by atoms with Gasteiger partial charge in [0.25, 0.3) is 11.5 Å². The number of esters is 1. The van der Waals surface area contributed by atoms with E-state index in [2.05, 4.69) is 11.6 Å². The minimum atomic E-state index is -0.816. The third-order valence-corrected chi connectivity index (χ3v) is 8.65. The monoisotopic (exact) mass is 591 g/mol. The van der Waals surface area contributed by atoms with Crippen LogP contribution in [-0.2, 0) is 20.9 Å². The molecule has 43 heavy (non-hydrogen) atoms. The highest BCUT2D eigenvalue weighted by Crippen LogP contribution is 2.37. The predicted octanol–water partition coefficient (Wildman–Crippen LogP) is 4.20. The average Bonchev–Trinajstić information content (AvgIpc) is 3.48. The maximum atomic E-state index is 14.4. The second-order valence-corrected chi connectivity index (χ2v) is 11.3. The van der Waals surface area contributed by atoms with Crippen LogP contribution in [-0.4, -0.2) is 30.2 Å².